The molecule has 1 aromatic heterocycles. The largest absolute Gasteiger partial charge is 0.357 e. The van der Waals surface area contributed by atoms with Crippen LogP contribution < -0.4 is 10.6 Å². The van der Waals surface area contributed by atoms with Crippen LogP contribution in [0.2, 0.25) is 0 Å². The van der Waals surface area contributed by atoms with Gasteiger partial charge < -0.3 is 20.4 Å². The highest BCUT2D eigenvalue weighted by Crippen LogP contribution is 2.16. The Balaban J connectivity index is 0.00000338. The van der Waals surface area contributed by atoms with E-state index in [9.17, 15) is 4.79 Å². The Labute approximate surface area is 173 Å². The fourth-order valence-corrected chi connectivity index (χ4v) is 2.96. The summed E-state index contributed by atoms with van der Waals surface area (Å²) in [6.45, 7) is 5.37. The van der Waals surface area contributed by atoms with Crippen molar-refractivity contribution in [3.8, 4) is 0 Å². The van der Waals surface area contributed by atoms with Crippen LogP contribution in [0, 0.1) is 0 Å². The van der Waals surface area contributed by atoms with Gasteiger partial charge in [0.15, 0.2) is 5.96 Å². The first-order valence-corrected chi connectivity index (χ1v) is 8.96. The van der Waals surface area contributed by atoms with Crippen LogP contribution in [0.3, 0.4) is 0 Å². The van der Waals surface area contributed by atoms with Crippen molar-refractivity contribution >= 4 is 35.8 Å². The molecule has 0 bridgehead atoms. The molecule has 0 aromatic carbocycles. The van der Waals surface area contributed by atoms with Gasteiger partial charge in [0, 0.05) is 45.0 Å². The molecule has 1 aromatic rings. The SMILES string of the molecule is CCNC(=NCC(=O)N1CCCC1)NCC(c1cnn(C)c1)N(C)C.I. The van der Waals surface area contributed by atoms with Crippen molar-refractivity contribution in [2.75, 3.05) is 46.8 Å². The standard InChI is InChI=1S/C17H31N7O.HI/c1-5-18-17(20-12-16(25)24-8-6-7-9-24)19-11-15(22(2)3)14-10-21-23(4)13-14;/h10,13,15H,5-9,11-12H2,1-4H3,(H2,18,19,20);1H. The number of hydrogen-bond acceptors (Lipinski definition) is 4. The minimum absolute atomic E-state index is 0. The van der Waals surface area contributed by atoms with Crippen LogP contribution in [0.15, 0.2) is 17.4 Å². The molecule has 0 saturated carbocycles. The van der Waals surface area contributed by atoms with Crippen LogP contribution in [-0.2, 0) is 11.8 Å². The van der Waals surface area contributed by atoms with Gasteiger partial charge in [0.05, 0.1) is 12.2 Å². The second-order valence-electron chi connectivity index (χ2n) is 6.59. The minimum Gasteiger partial charge on any atom is -0.357 e. The summed E-state index contributed by atoms with van der Waals surface area (Å²) in [5.74, 6) is 0.775. The number of likely N-dealkylation sites (N-methyl/N-ethyl adjacent to an activating group) is 1. The average Bonchev–Trinajstić information content (AvgIpc) is 3.24. The normalized spacial score (nSPS) is 15.7. The lowest BCUT2D eigenvalue weighted by atomic mass is 10.1. The summed E-state index contributed by atoms with van der Waals surface area (Å²) in [5, 5.41) is 10.8. The second-order valence-corrected chi connectivity index (χ2v) is 6.59. The average molecular weight is 477 g/mol. The molecule has 1 amide bonds. The van der Waals surface area contributed by atoms with Crippen molar-refractivity contribution in [3.63, 3.8) is 0 Å². The highest BCUT2D eigenvalue weighted by molar-refractivity contribution is 14.0. The number of halogens is 1. The number of rotatable bonds is 7. The quantitative estimate of drug-likeness (QED) is 0.346. The van der Waals surface area contributed by atoms with Gasteiger partial charge in [-0.3, -0.25) is 9.48 Å². The molecule has 2 rings (SSSR count). The van der Waals surface area contributed by atoms with E-state index < -0.39 is 0 Å². The zero-order valence-corrected chi connectivity index (χ0v) is 18.6. The lowest BCUT2D eigenvalue weighted by molar-refractivity contribution is -0.128. The molecule has 1 aliphatic heterocycles. The van der Waals surface area contributed by atoms with Crippen molar-refractivity contribution in [3.05, 3.63) is 18.0 Å². The molecule has 0 radical (unpaired) electrons. The first-order valence-electron chi connectivity index (χ1n) is 8.96. The Morgan fingerprint density at radius 1 is 1.35 bits per heavy atom. The van der Waals surface area contributed by atoms with E-state index in [1.807, 2.05) is 45.4 Å². The maximum absolute atomic E-state index is 12.2. The van der Waals surface area contributed by atoms with E-state index in [0.29, 0.717) is 12.5 Å². The Kier molecular flexibility index (Phi) is 9.92. The number of amides is 1. The van der Waals surface area contributed by atoms with Gasteiger partial charge in [-0.1, -0.05) is 0 Å². The summed E-state index contributed by atoms with van der Waals surface area (Å²) >= 11 is 0. The van der Waals surface area contributed by atoms with Crippen LogP contribution in [0.25, 0.3) is 0 Å². The number of nitrogens with zero attached hydrogens (tertiary/aromatic N) is 5. The molecule has 0 aliphatic carbocycles. The summed E-state index contributed by atoms with van der Waals surface area (Å²) in [6, 6.07) is 0.173. The van der Waals surface area contributed by atoms with E-state index in [-0.39, 0.29) is 42.5 Å². The Hall–Kier alpha value is -1.36. The molecule has 2 heterocycles. The summed E-state index contributed by atoms with van der Waals surface area (Å²) in [6.07, 6.45) is 6.10. The number of carbonyl (C=O) groups excluding carboxylic acids is 1. The van der Waals surface area contributed by atoms with E-state index in [4.69, 9.17) is 0 Å². The maximum Gasteiger partial charge on any atom is 0.244 e. The molecule has 2 N–H and O–H groups in total. The summed E-state index contributed by atoms with van der Waals surface area (Å²) < 4.78 is 1.81. The highest BCUT2D eigenvalue weighted by atomic mass is 127. The Morgan fingerprint density at radius 2 is 2.04 bits per heavy atom. The number of nitrogens with one attached hydrogen (secondary N) is 2. The number of hydrogen-bond donors (Lipinski definition) is 2. The molecule has 9 heteroatoms. The third-order valence-corrected chi connectivity index (χ3v) is 4.37. The lowest BCUT2D eigenvalue weighted by Crippen LogP contribution is -2.42. The summed E-state index contributed by atoms with van der Waals surface area (Å²) in [5.41, 5.74) is 1.14. The Bertz CT molecular complexity index is 581. The number of carbonyl (C=O) groups is 1. The van der Waals surface area contributed by atoms with Crippen molar-refractivity contribution in [1.29, 1.82) is 0 Å². The Morgan fingerprint density at radius 3 is 2.58 bits per heavy atom. The minimum atomic E-state index is 0. The van der Waals surface area contributed by atoms with Gasteiger partial charge in [-0.2, -0.15) is 5.10 Å². The molecule has 1 unspecified atom stereocenters. The van der Waals surface area contributed by atoms with Crippen LogP contribution in [0.5, 0.6) is 0 Å². The van der Waals surface area contributed by atoms with E-state index >= 15 is 0 Å². The molecule has 1 atom stereocenters. The maximum atomic E-state index is 12.2. The van der Waals surface area contributed by atoms with Gasteiger partial charge in [0.25, 0.3) is 0 Å². The zero-order chi connectivity index (χ0) is 18.2. The third-order valence-electron chi connectivity index (χ3n) is 4.37. The predicted molar refractivity (Wildman–Crippen MR) is 115 cm³/mol. The fraction of sp³-hybridized carbons (Fsp3) is 0.706. The van der Waals surface area contributed by atoms with Crippen molar-refractivity contribution in [1.82, 2.24) is 30.2 Å². The van der Waals surface area contributed by atoms with Crippen molar-refractivity contribution in [2.24, 2.45) is 12.0 Å². The topological polar surface area (TPSA) is 77.8 Å². The number of aryl methyl sites for hydroxylation is 1. The molecule has 0 spiro atoms. The molecule has 26 heavy (non-hydrogen) atoms. The predicted octanol–water partition coefficient (Wildman–Crippen LogP) is 0.818. The van der Waals surface area contributed by atoms with Gasteiger partial charge in [-0.25, -0.2) is 4.99 Å². The highest BCUT2D eigenvalue weighted by Gasteiger charge is 2.18. The monoisotopic (exact) mass is 477 g/mol. The van der Waals surface area contributed by atoms with Crippen molar-refractivity contribution in [2.45, 2.75) is 25.8 Å². The van der Waals surface area contributed by atoms with Gasteiger partial charge in [-0.15, -0.1) is 24.0 Å². The van der Waals surface area contributed by atoms with Gasteiger partial charge in [0.1, 0.15) is 6.54 Å². The summed E-state index contributed by atoms with van der Waals surface area (Å²) in [7, 11) is 6.00. The van der Waals surface area contributed by atoms with Crippen LogP contribution >= 0.6 is 24.0 Å². The smallest absolute Gasteiger partial charge is 0.244 e. The van der Waals surface area contributed by atoms with Crippen molar-refractivity contribution < 1.29 is 4.79 Å². The van der Waals surface area contributed by atoms with Crippen LogP contribution in [-0.4, -0.2) is 78.3 Å². The van der Waals surface area contributed by atoms with Gasteiger partial charge in [-0.05, 0) is 33.9 Å². The lowest BCUT2D eigenvalue weighted by Gasteiger charge is -2.24. The molecular weight excluding hydrogens is 445 g/mol. The van der Waals surface area contributed by atoms with Gasteiger partial charge in [0.2, 0.25) is 5.91 Å². The van der Waals surface area contributed by atoms with E-state index in [1.165, 1.54) is 0 Å². The molecule has 1 aliphatic rings. The second kappa shape index (κ2) is 11.4. The van der Waals surface area contributed by atoms with Crippen LogP contribution in [0.4, 0.5) is 0 Å². The fourth-order valence-electron chi connectivity index (χ4n) is 2.96. The van der Waals surface area contributed by atoms with Gasteiger partial charge >= 0.3 is 0 Å². The number of aliphatic imine (C=N–C) groups is 1. The first-order chi connectivity index (χ1) is 12.0. The molecule has 148 valence electrons. The molecule has 1 fully saturated rings. The number of aromatic nitrogens is 2. The number of guanidine groups is 1. The number of likely N-dealkylation sites (tertiary alicyclic amines) is 1. The third kappa shape index (κ3) is 6.75. The molecule has 1 saturated heterocycles. The zero-order valence-electron chi connectivity index (χ0n) is 16.2. The molecular formula is C17H32IN7O. The first kappa shape index (κ1) is 22.7. The van der Waals surface area contributed by atoms with E-state index in [0.717, 1.165) is 38.0 Å². The van der Waals surface area contributed by atoms with Crippen LogP contribution in [0.1, 0.15) is 31.4 Å². The summed E-state index contributed by atoms with van der Waals surface area (Å²) in [4.78, 5) is 20.7. The molecule has 8 nitrogen and oxygen atoms in total. The van der Waals surface area contributed by atoms with E-state index in [2.05, 4.69) is 25.6 Å². The van der Waals surface area contributed by atoms with E-state index in [1.54, 1.807) is 4.68 Å².